The molecule has 0 unspecified atom stereocenters. The first-order valence-electron chi connectivity index (χ1n) is 6.19. The molecule has 3 nitrogen and oxygen atoms in total. The molecular weight excluding hydrogens is 212 g/mol. The number of ether oxygens (including phenoxy) is 1. The minimum Gasteiger partial charge on any atom is -0.494 e. The summed E-state index contributed by atoms with van der Waals surface area (Å²) < 4.78 is 5.56. The molecule has 0 bridgehead atoms. The van der Waals surface area contributed by atoms with Gasteiger partial charge in [-0.25, -0.2) is 5.43 Å². The molecule has 0 aromatic heterocycles. The molecule has 0 spiro atoms. The van der Waals surface area contributed by atoms with Gasteiger partial charge in [-0.1, -0.05) is 19.1 Å². The lowest BCUT2D eigenvalue weighted by Gasteiger charge is -2.06. The second-order valence-corrected chi connectivity index (χ2v) is 4.38. The third kappa shape index (κ3) is 3.24. The minimum atomic E-state index is 0.789. The fourth-order valence-electron chi connectivity index (χ4n) is 1.87. The monoisotopic (exact) mass is 232 g/mol. The van der Waals surface area contributed by atoms with Crippen LogP contribution in [0.1, 0.15) is 25.8 Å². The van der Waals surface area contributed by atoms with Crippen LogP contribution in [0.15, 0.2) is 35.5 Å². The first-order chi connectivity index (χ1) is 8.29. The lowest BCUT2D eigenvalue weighted by molar-refractivity contribution is 0.317. The fourth-order valence-corrected chi connectivity index (χ4v) is 1.87. The lowest BCUT2D eigenvalue weighted by atomic mass is 10.0. The van der Waals surface area contributed by atoms with E-state index in [-0.39, 0.29) is 0 Å². The molecular formula is C14H20N2O. The summed E-state index contributed by atoms with van der Waals surface area (Å²) in [5, 5.41) is 0. The molecule has 0 radical (unpaired) electrons. The average Bonchev–Trinajstić information content (AvgIpc) is 2.74. The fraction of sp³-hybridized carbons (Fsp3) is 0.429. The minimum absolute atomic E-state index is 0.789. The van der Waals surface area contributed by atoms with E-state index in [4.69, 9.17) is 4.74 Å². The SMILES string of the molecule is CCCOc1ccc(CC2=C(C)NNC2)cc1. The molecule has 0 saturated carbocycles. The average molecular weight is 232 g/mol. The number of rotatable bonds is 5. The number of benzene rings is 1. The Balaban J connectivity index is 1.96. The zero-order valence-electron chi connectivity index (χ0n) is 10.5. The maximum Gasteiger partial charge on any atom is 0.119 e. The highest BCUT2D eigenvalue weighted by molar-refractivity contribution is 5.31. The number of hydrogen-bond acceptors (Lipinski definition) is 3. The Morgan fingerprint density at radius 1 is 1.24 bits per heavy atom. The Morgan fingerprint density at radius 2 is 2.00 bits per heavy atom. The van der Waals surface area contributed by atoms with Crippen LogP contribution in [-0.4, -0.2) is 13.2 Å². The molecule has 2 N–H and O–H groups in total. The van der Waals surface area contributed by atoms with Crippen molar-refractivity contribution in [1.82, 2.24) is 10.9 Å². The Morgan fingerprint density at radius 3 is 2.59 bits per heavy atom. The summed E-state index contributed by atoms with van der Waals surface area (Å²) >= 11 is 0. The molecule has 0 atom stereocenters. The molecule has 1 aliphatic rings. The largest absolute Gasteiger partial charge is 0.494 e. The predicted molar refractivity (Wildman–Crippen MR) is 69.8 cm³/mol. The van der Waals surface area contributed by atoms with E-state index in [0.717, 1.165) is 31.7 Å². The van der Waals surface area contributed by atoms with E-state index < -0.39 is 0 Å². The van der Waals surface area contributed by atoms with Gasteiger partial charge in [-0.2, -0.15) is 0 Å². The molecule has 0 saturated heterocycles. The topological polar surface area (TPSA) is 33.3 Å². The highest BCUT2D eigenvalue weighted by atomic mass is 16.5. The van der Waals surface area contributed by atoms with Gasteiger partial charge in [0.2, 0.25) is 0 Å². The Kier molecular flexibility index (Phi) is 4.04. The normalized spacial score (nSPS) is 14.9. The predicted octanol–water partition coefficient (Wildman–Crippen LogP) is 2.40. The molecule has 17 heavy (non-hydrogen) atoms. The molecule has 0 fully saturated rings. The van der Waals surface area contributed by atoms with E-state index in [9.17, 15) is 0 Å². The molecule has 2 rings (SSSR count). The quantitative estimate of drug-likeness (QED) is 0.818. The molecule has 1 aromatic carbocycles. The lowest BCUT2D eigenvalue weighted by Crippen LogP contribution is -2.22. The molecule has 0 amide bonds. The van der Waals surface area contributed by atoms with E-state index in [1.165, 1.54) is 16.8 Å². The molecule has 1 heterocycles. The van der Waals surface area contributed by atoms with E-state index in [1.54, 1.807) is 0 Å². The van der Waals surface area contributed by atoms with Crippen LogP contribution in [-0.2, 0) is 6.42 Å². The smallest absolute Gasteiger partial charge is 0.119 e. The van der Waals surface area contributed by atoms with E-state index in [1.807, 2.05) is 0 Å². The van der Waals surface area contributed by atoms with Crippen LogP contribution in [0.5, 0.6) is 5.75 Å². The van der Waals surface area contributed by atoms with Crippen LogP contribution in [0.25, 0.3) is 0 Å². The van der Waals surface area contributed by atoms with Crippen LogP contribution in [0.2, 0.25) is 0 Å². The van der Waals surface area contributed by atoms with Gasteiger partial charge in [0.15, 0.2) is 0 Å². The molecule has 92 valence electrons. The van der Waals surface area contributed by atoms with Crippen molar-refractivity contribution in [3.05, 3.63) is 41.1 Å². The van der Waals surface area contributed by atoms with Gasteiger partial charge in [0.25, 0.3) is 0 Å². The Labute approximate surface area is 103 Å². The summed E-state index contributed by atoms with van der Waals surface area (Å²) in [5.41, 5.74) is 10.3. The summed E-state index contributed by atoms with van der Waals surface area (Å²) in [5.74, 6) is 0.962. The van der Waals surface area contributed by atoms with Gasteiger partial charge < -0.3 is 10.2 Å². The molecule has 1 aromatic rings. The van der Waals surface area contributed by atoms with Crippen molar-refractivity contribution < 1.29 is 4.74 Å². The van der Waals surface area contributed by atoms with Crippen molar-refractivity contribution in [2.45, 2.75) is 26.7 Å². The van der Waals surface area contributed by atoms with Gasteiger partial charge in [-0.15, -0.1) is 0 Å². The van der Waals surface area contributed by atoms with Gasteiger partial charge in [-0.05, 0) is 43.0 Å². The van der Waals surface area contributed by atoms with Crippen LogP contribution < -0.4 is 15.6 Å². The number of nitrogens with one attached hydrogen (secondary N) is 2. The number of hydrazine groups is 1. The van der Waals surface area contributed by atoms with E-state index in [0.29, 0.717) is 0 Å². The van der Waals surface area contributed by atoms with Gasteiger partial charge in [-0.3, -0.25) is 0 Å². The van der Waals surface area contributed by atoms with E-state index >= 15 is 0 Å². The van der Waals surface area contributed by atoms with Gasteiger partial charge in [0.05, 0.1) is 6.61 Å². The van der Waals surface area contributed by atoms with Crippen LogP contribution in [0, 0.1) is 0 Å². The zero-order valence-corrected chi connectivity index (χ0v) is 10.5. The summed E-state index contributed by atoms with van der Waals surface area (Å²) in [7, 11) is 0. The second kappa shape index (κ2) is 5.73. The second-order valence-electron chi connectivity index (χ2n) is 4.38. The Bertz CT molecular complexity index is 395. The van der Waals surface area contributed by atoms with Crippen LogP contribution >= 0.6 is 0 Å². The van der Waals surface area contributed by atoms with Crippen molar-refractivity contribution in [1.29, 1.82) is 0 Å². The zero-order chi connectivity index (χ0) is 12.1. The summed E-state index contributed by atoms with van der Waals surface area (Å²) in [6, 6.07) is 8.39. The van der Waals surface area contributed by atoms with Crippen molar-refractivity contribution in [3.8, 4) is 5.75 Å². The van der Waals surface area contributed by atoms with Crippen molar-refractivity contribution in [2.75, 3.05) is 13.2 Å². The Hall–Kier alpha value is -1.48. The molecule has 0 aliphatic carbocycles. The third-order valence-electron chi connectivity index (χ3n) is 2.92. The third-order valence-corrected chi connectivity index (χ3v) is 2.92. The molecule has 3 heteroatoms. The van der Waals surface area contributed by atoms with Gasteiger partial charge >= 0.3 is 0 Å². The first-order valence-corrected chi connectivity index (χ1v) is 6.19. The standard InChI is InChI=1S/C14H20N2O/c1-3-8-17-14-6-4-12(5-7-14)9-13-10-15-16-11(13)2/h4-7,15-16H,3,8-10H2,1-2H3. The van der Waals surface area contributed by atoms with Crippen molar-refractivity contribution in [3.63, 3.8) is 0 Å². The van der Waals surface area contributed by atoms with Gasteiger partial charge in [0.1, 0.15) is 5.75 Å². The number of hydrogen-bond donors (Lipinski definition) is 2. The number of allylic oxidation sites excluding steroid dienone is 1. The van der Waals surface area contributed by atoms with E-state index in [2.05, 4.69) is 49.0 Å². The maximum atomic E-state index is 5.56. The van der Waals surface area contributed by atoms with Crippen molar-refractivity contribution >= 4 is 0 Å². The summed E-state index contributed by atoms with van der Waals surface area (Å²) in [6.07, 6.45) is 2.05. The summed E-state index contributed by atoms with van der Waals surface area (Å²) in [4.78, 5) is 0. The first kappa shape index (κ1) is 12.0. The highest BCUT2D eigenvalue weighted by Crippen LogP contribution is 2.17. The van der Waals surface area contributed by atoms with Crippen LogP contribution in [0.3, 0.4) is 0 Å². The van der Waals surface area contributed by atoms with Crippen molar-refractivity contribution in [2.24, 2.45) is 0 Å². The summed E-state index contributed by atoms with van der Waals surface area (Å²) in [6.45, 7) is 5.94. The highest BCUT2D eigenvalue weighted by Gasteiger charge is 2.09. The van der Waals surface area contributed by atoms with Gasteiger partial charge in [0, 0.05) is 12.2 Å². The van der Waals surface area contributed by atoms with Crippen LogP contribution in [0.4, 0.5) is 0 Å². The molecule has 1 aliphatic heterocycles. The maximum absolute atomic E-state index is 5.56.